The van der Waals surface area contributed by atoms with Crippen molar-refractivity contribution >= 4 is 18.0 Å². The van der Waals surface area contributed by atoms with Gasteiger partial charge >= 0.3 is 0 Å². The smallest absolute Gasteiger partial charge is 0.164 e. The summed E-state index contributed by atoms with van der Waals surface area (Å²) in [5, 5.41) is 49.9. The van der Waals surface area contributed by atoms with Crippen molar-refractivity contribution in [3.8, 4) is 17.4 Å². The Kier molecular flexibility index (Phi) is 6.00. The van der Waals surface area contributed by atoms with Gasteiger partial charge in [-0.3, -0.25) is 4.79 Å². The van der Waals surface area contributed by atoms with Crippen LogP contribution in [0, 0.1) is 22.9 Å². The summed E-state index contributed by atoms with van der Waals surface area (Å²) in [7, 11) is 0. The molecule has 9 nitrogen and oxygen atoms in total. The molecule has 0 amide bonds. The predicted octanol–water partition coefficient (Wildman–Crippen LogP) is 0.833. The quantitative estimate of drug-likeness (QED) is 0.417. The van der Waals surface area contributed by atoms with Crippen LogP contribution in [-0.2, 0) is 4.74 Å². The summed E-state index contributed by atoms with van der Waals surface area (Å²) >= 11 is 5.45. The number of carbonyl (C=O) groups is 1. The third-order valence-electron chi connectivity index (χ3n) is 5.01. The van der Waals surface area contributed by atoms with Crippen LogP contribution < -0.4 is 0 Å². The molecule has 2 aromatic rings. The van der Waals surface area contributed by atoms with Gasteiger partial charge in [0.2, 0.25) is 0 Å². The number of furan rings is 1. The summed E-state index contributed by atoms with van der Waals surface area (Å²) in [4.78, 5) is 12.5. The fraction of sp³-hybridized carbons (Fsp3) is 0.421. The number of ether oxygens (including phenoxy) is 1. The number of aliphatic hydroxyl groups is 4. The van der Waals surface area contributed by atoms with Crippen LogP contribution in [-0.4, -0.2) is 61.8 Å². The summed E-state index contributed by atoms with van der Waals surface area (Å²) in [5.41, 5.74) is 0.607. The van der Waals surface area contributed by atoms with Crippen molar-refractivity contribution in [2.45, 2.75) is 44.5 Å². The van der Waals surface area contributed by atoms with Gasteiger partial charge in [0.05, 0.1) is 24.0 Å². The average Bonchev–Trinajstić information content (AvgIpc) is 3.21. The van der Waals surface area contributed by atoms with E-state index in [1.165, 1.54) is 17.8 Å². The molecule has 1 aliphatic rings. The maximum absolute atomic E-state index is 12.5. The van der Waals surface area contributed by atoms with Crippen LogP contribution in [0.25, 0.3) is 11.3 Å². The molecule has 5 atom stereocenters. The van der Waals surface area contributed by atoms with Gasteiger partial charge < -0.3 is 34.1 Å². The first-order valence-electron chi connectivity index (χ1n) is 8.79. The minimum absolute atomic E-state index is 0.0392. The second kappa shape index (κ2) is 8.16. The Labute approximate surface area is 171 Å². The van der Waals surface area contributed by atoms with Crippen LogP contribution in [0.15, 0.2) is 22.8 Å². The van der Waals surface area contributed by atoms with E-state index in [-0.39, 0.29) is 38.6 Å². The van der Waals surface area contributed by atoms with Gasteiger partial charge in [-0.05, 0) is 26.0 Å². The molecule has 154 valence electrons. The molecule has 3 rings (SSSR count). The van der Waals surface area contributed by atoms with Crippen molar-refractivity contribution in [2.24, 2.45) is 0 Å². The van der Waals surface area contributed by atoms with Crippen LogP contribution >= 0.6 is 12.2 Å². The Balaban J connectivity index is 2.32. The summed E-state index contributed by atoms with van der Waals surface area (Å²) < 4.78 is 12.2. The summed E-state index contributed by atoms with van der Waals surface area (Å²) in [5.74, 6) is -0.0966. The van der Waals surface area contributed by atoms with Crippen molar-refractivity contribution < 1.29 is 34.4 Å². The van der Waals surface area contributed by atoms with Crippen molar-refractivity contribution in [2.75, 3.05) is 6.61 Å². The number of aliphatic hydroxyl groups excluding tert-OH is 4. The minimum atomic E-state index is -1.64. The molecule has 4 N–H and O–H groups in total. The lowest BCUT2D eigenvalue weighted by Crippen LogP contribution is -2.56. The molecule has 0 bridgehead atoms. The Morgan fingerprint density at radius 3 is 2.52 bits per heavy atom. The van der Waals surface area contributed by atoms with Crippen molar-refractivity contribution in [3.05, 3.63) is 39.9 Å². The number of rotatable bonds is 4. The fourth-order valence-corrected chi connectivity index (χ4v) is 4.00. The number of carbonyl (C=O) groups excluding carboxylic acids is 1. The number of aromatic nitrogens is 1. The monoisotopic (exact) mass is 420 g/mol. The van der Waals surface area contributed by atoms with Crippen LogP contribution in [0.1, 0.15) is 34.8 Å². The second-order valence-corrected chi connectivity index (χ2v) is 7.14. The van der Waals surface area contributed by atoms with Gasteiger partial charge in [0.15, 0.2) is 12.0 Å². The molecule has 10 heteroatoms. The number of ketones is 1. The Morgan fingerprint density at radius 1 is 1.31 bits per heavy atom. The van der Waals surface area contributed by atoms with Gasteiger partial charge in [-0.2, -0.15) is 5.26 Å². The zero-order valence-electron chi connectivity index (χ0n) is 15.6. The highest BCUT2D eigenvalue weighted by molar-refractivity contribution is 7.71. The Morgan fingerprint density at radius 2 is 2.00 bits per heavy atom. The van der Waals surface area contributed by atoms with E-state index in [0.717, 1.165) is 0 Å². The number of nitrogens with zero attached hydrogens (tertiary/aromatic N) is 2. The maximum atomic E-state index is 12.5. The highest BCUT2D eigenvalue weighted by Crippen LogP contribution is 2.36. The normalized spacial score (nSPS) is 26.9. The third kappa shape index (κ3) is 3.42. The predicted molar refractivity (Wildman–Crippen MR) is 101 cm³/mol. The van der Waals surface area contributed by atoms with E-state index >= 15 is 0 Å². The van der Waals surface area contributed by atoms with Crippen LogP contribution in [0.4, 0.5) is 0 Å². The van der Waals surface area contributed by atoms with Gasteiger partial charge in [0.25, 0.3) is 0 Å². The molecular formula is C19H20N2O7S. The molecule has 0 radical (unpaired) electrons. The third-order valence-corrected chi connectivity index (χ3v) is 5.41. The molecule has 1 aliphatic heterocycles. The molecule has 0 spiro atoms. The van der Waals surface area contributed by atoms with Gasteiger partial charge in [0.1, 0.15) is 40.9 Å². The first kappa shape index (κ1) is 21.3. The molecule has 3 heterocycles. The highest BCUT2D eigenvalue weighted by Gasteiger charge is 2.45. The van der Waals surface area contributed by atoms with Crippen LogP contribution in [0.3, 0.4) is 0 Å². The van der Waals surface area contributed by atoms with E-state index in [2.05, 4.69) is 0 Å². The molecule has 1 fully saturated rings. The van der Waals surface area contributed by atoms with Crippen molar-refractivity contribution in [1.82, 2.24) is 4.57 Å². The SMILES string of the molecule is CC(=O)c1c(-c2ccco2)c(C#N)c(=S)n(C2OC(CO)C(O)C(O)C2O)c1C. The Hall–Kier alpha value is -2.39. The molecule has 0 aromatic carbocycles. The van der Waals surface area contributed by atoms with Crippen molar-refractivity contribution in [1.29, 1.82) is 5.26 Å². The lowest BCUT2D eigenvalue weighted by atomic mass is 9.94. The average molecular weight is 420 g/mol. The van der Waals surface area contributed by atoms with Crippen LogP contribution in [0.2, 0.25) is 0 Å². The topological polar surface area (TPSA) is 149 Å². The lowest BCUT2D eigenvalue weighted by Gasteiger charge is -2.41. The second-order valence-electron chi connectivity index (χ2n) is 6.75. The number of nitriles is 1. The standard InChI is InChI=1S/C19H20N2O7S/c1-8-13(9(2)23)14(11-4-3-5-27-11)10(6-20)19(29)21(8)18-17(26)16(25)15(24)12(7-22)28-18/h3-5,12,15-18,22,24-26H,7H2,1-2H3. The van der Waals surface area contributed by atoms with E-state index in [9.17, 15) is 30.5 Å². The molecule has 2 aromatic heterocycles. The van der Waals surface area contributed by atoms with Gasteiger partial charge in [-0.25, -0.2) is 0 Å². The molecule has 0 aliphatic carbocycles. The highest BCUT2D eigenvalue weighted by atomic mass is 32.1. The zero-order valence-corrected chi connectivity index (χ0v) is 16.5. The largest absolute Gasteiger partial charge is 0.464 e. The number of Topliss-reactive ketones (excluding diaryl/α,β-unsaturated/α-hetero) is 1. The van der Waals surface area contributed by atoms with E-state index in [0.29, 0.717) is 0 Å². The zero-order chi connectivity index (χ0) is 21.5. The first-order chi connectivity index (χ1) is 13.7. The molecular weight excluding hydrogens is 400 g/mol. The van der Waals surface area contributed by atoms with Crippen LogP contribution in [0.5, 0.6) is 0 Å². The van der Waals surface area contributed by atoms with Gasteiger partial charge in [0, 0.05) is 11.3 Å². The van der Waals surface area contributed by atoms with Crippen molar-refractivity contribution in [3.63, 3.8) is 0 Å². The number of hydrogen-bond acceptors (Lipinski definition) is 9. The molecule has 1 saturated heterocycles. The van der Waals surface area contributed by atoms with Gasteiger partial charge in [-0.15, -0.1) is 0 Å². The summed E-state index contributed by atoms with van der Waals surface area (Å²) in [6, 6.07) is 5.18. The van der Waals surface area contributed by atoms with E-state index in [1.807, 2.05) is 6.07 Å². The van der Waals surface area contributed by atoms with E-state index in [4.69, 9.17) is 21.4 Å². The fourth-order valence-electron chi connectivity index (χ4n) is 3.61. The maximum Gasteiger partial charge on any atom is 0.164 e. The number of hydrogen-bond donors (Lipinski definition) is 4. The van der Waals surface area contributed by atoms with E-state index < -0.39 is 37.3 Å². The summed E-state index contributed by atoms with van der Waals surface area (Å²) in [6.07, 6.45) is -5.92. The first-order valence-corrected chi connectivity index (χ1v) is 9.19. The lowest BCUT2D eigenvalue weighted by molar-refractivity contribution is -0.252. The molecule has 0 saturated carbocycles. The van der Waals surface area contributed by atoms with E-state index in [1.54, 1.807) is 19.1 Å². The molecule has 5 unspecified atom stereocenters. The van der Waals surface area contributed by atoms with Gasteiger partial charge in [-0.1, -0.05) is 12.2 Å². The Bertz CT molecular complexity index is 1020. The minimum Gasteiger partial charge on any atom is -0.464 e. The molecule has 29 heavy (non-hydrogen) atoms. The number of pyridine rings is 1. The summed E-state index contributed by atoms with van der Waals surface area (Å²) in [6.45, 7) is 2.25.